The van der Waals surface area contributed by atoms with Crippen molar-refractivity contribution in [1.29, 1.82) is 0 Å². The Morgan fingerprint density at radius 1 is 1.13 bits per heavy atom. The number of hydrogen-bond donors (Lipinski definition) is 0. The molecule has 4 aromatic rings. The SMILES string of the molecule is CN(Cc1nc2ccccc2s1)C(=O)c1nnn(-c2ccc(F)cc2)c1C(F)(F)F. The molecule has 0 atom stereocenters. The highest BCUT2D eigenvalue weighted by atomic mass is 32.1. The van der Waals surface area contributed by atoms with Crippen molar-refractivity contribution in [2.45, 2.75) is 12.7 Å². The molecule has 2 aromatic heterocycles. The molecule has 0 spiro atoms. The molecule has 2 heterocycles. The minimum absolute atomic E-state index is 0.0128. The largest absolute Gasteiger partial charge is 0.435 e. The second-order valence-electron chi connectivity index (χ2n) is 6.41. The summed E-state index contributed by atoms with van der Waals surface area (Å²) in [6.45, 7) is 0.0128. The first-order valence-electron chi connectivity index (χ1n) is 8.63. The molecular weight excluding hydrogens is 422 g/mol. The lowest BCUT2D eigenvalue weighted by atomic mass is 10.2. The molecule has 0 aliphatic heterocycles. The number of alkyl halides is 3. The third-order valence-electron chi connectivity index (χ3n) is 4.27. The molecule has 0 fully saturated rings. The highest BCUT2D eigenvalue weighted by molar-refractivity contribution is 7.18. The number of rotatable bonds is 4. The van der Waals surface area contributed by atoms with Gasteiger partial charge in [-0.2, -0.15) is 13.2 Å². The second kappa shape index (κ2) is 7.48. The van der Waals surface area contributed by atoms with Crippen molar-refractivity contribution in [3.8, 4) is 5.69 Å². The van der Waals surface area contributed by atoms with Crippen molar-refractivity contribution in [2.24, 2.45) is 0 Å². The lowest BCUT2D eigenvalue weighted by Crippen LogP contribution is -2.29. The smallest absolute Gasteiger partial charge is 0.333 e. The molecule has 6 nitrogen and oxygen atoms in total. The molecule has 0 aliphatic carbocycles. The van der Waals surface area contributed by atoms with E-state index in [1.807, 2.05) is 24.3 Å². The maximum Gasteiger partial charge on any atom is 0.435 e. The van der Waals surface area contributed by atoms with E-state index in [-0.39, 0.29) is 12.2 Å². The van der Waals surface area contributed by atoms with E-state index in [2.05, 4.69) is 15.3 Å². The average molecular weight is 435 g/mol. The molecule has 0 saturated heterocycles. The van der Waals surface area contributed by atoms with Crippen LogP contribution >= 0.6 is 11.3 Å². The predicted molar refractivity (Wildman–Crippen MR) is 102 cm³/mol. The Morgan fingerprint density at radius 3 is 2.50 bits per heavy atom. The van der Waals surface area contributed by atoms with Crippen LogP contribution in [0.5, 0.6) is 0 Å². The lowest BCUT2D eigenvalue weighted by Gasteiger charge is -2.16. The summed E-state index contributed by atoms with van der Waals surface area (Å²) in [5.41, 5.74) is -1.48. The number of thiazole rings is 1. The zero-order valence-electron chi connectivity index (χ0n) is 15.4. The molecule has 0 saturated carbocycles. The van der Waals surface area contributed by atoms with E-state index in [9.17, 15) is 22.4 Å². The van der Waals surface area contributed by atoms with Crippen LogP contribution in [-0.4, -0.2) is 37.8 Å². The number of halogens is 4. The van der Waals surface area contributed by atoms with Crippen LogP contribution in [0.15, 0.2) is 48.5 Å². The van der Waals surface area contributed by atoms with Crippen LogP contribution in [0.3, 0.4) is 0 Å². The molecule has 0 unspecified atom stereocenters. The summed E-state index contributed by atoms with van der Waals surface area (Å²) in [5.74, 6) is -1.56. The van der Waals surface area contributed by atoms with Gasteiger partial charge in [-0.25, -0.2) is 14.1 Å². The van der Waals surface area contributed by atoms with E-state index < -0.39 is 29.3 Å². The Hall–Kier alpha value is -3.34. The summed E-state index contributed by atoms with van der Waals surface area (Å²) in [5, 5.41) is 7.54. The molecule has 1 amide bonds. The van der Waals surface area contributed by atoms with E-state index in [4.69, 9.17) is 0 Å². The Kier molecular flexibility index (Phi) is 4.98. The number of carbonyl (C=O) groups is 1. The van der Waals surface area contributed by atoms with Gasteiger partial charge >= 0.3 is 6.18 Å². The zero-order valence-corrected chi connectivity index (χ0v) is 16.2. The number of nitrogens with zero attached hydrogens (tertiary/aromatic N) is 5. The van der Waals surface area contributed by atoms with Gasteiger partial charge in [0, 0.05) is 7.05 Å². The number of hydrogen-bond acceptors (Lipinski definition) is 5. The standard InChI is InChI=1S/C19H13F4N5OS/c1-27(10-15-24-13-4-2-3-5-14(13)30-15)18(29)16-17(19(21,22)23)28(26-25-16)12-8-6-11(20)7-9-12/h2-9H,10H2,1H3. The van der Waals surface area contributed by atoms with Gasteiger partial charge in [-0.05, 0) is 36.4 Å². The molecule has 11 heteroatoms. The van der Waals surface area contributed by atoms with E-state index in [1.54, 1.807) is 0 Å². The van der Waals surface area contributed by atoms with Crippen molar-refractivity contribution in [2.75, 3.05) is 7.05 Å². The fourth-order valence-electron chi connectivity index (χ4n) is 2.89. The highest BCUT2D eigenvalue weighted by Crippen LogP contribution is 2.33. The summed E-state index contributed by atoms with van der Waals surface area (Å²) in [4.78, 5) is 18.2. The first-order chi connectivity index (χ1) is 14.2. The number of fused-ring (bicyclic) bond motifs is 1. The monoisotopic (exact) mass is 435 g/mol. The summed E-state index contributed by atoms with van der Waals surface area (Å²) < 4.78 is 55.7. The Bertz CT molecular complexity index is 1180. The van der Waals surface area contributed by atoms with Crippen LogP contribution in [-0.2, 0) is 12.7 Å². The molecule has 0 N–H and O–H groups in total. The molecular formula is C19H13F4N5OS. The predicted octanol–water partition coefficient (Wildman–Crippen LogP) is 4.31. The molecule has 0 bridgehead atoms. The van der Waals surface area contributed by atoms with Gasteiger partial charge in [0.25, 0.3) is 5.91 Å². The van der Waals surface area contributed by atoms with Crippen molar-refractivity contribution in [3.63, 3.8) is 0 Å². The van der Waals surface area contributed by atoms with Crippen LogP contribution in [0, 0.1) is 5.82 Å². The van der Waals surface area contributed by atoms with Crippen molar-refractivity contribution >= 4 is 27.5 Å². The van der Waals surface area contributed by atoms with Crippen molar-refractivity contribution in [1.82, 2.24) is 24.9 Å². The molecule has 154 valence electrons. The fourth-order valence-corrected chi connectivity index (χ4v) is 3.91. The summed E-state index contributed by atoms with van der Waals surface area (Å²) in [7, 11) is 1.37. The van der Waals surface area contributed by atoms with Crippen LogP contribution in [0.2, 0.25) is 0 Å². The Labute approximate surface area is 171 Å². The molecule has 0 aliphatic rings. The number of aromatic nitrogens is 4. The molecule has 2 aromatic carbocycles. The van der Waals surface area contributed by atoms with Crippen molar-refractivity contribution in [3.05, 3.63) is 70.7 Å². The normalized spacial score (nSPS) is 11.8. The van der Waals surface area contributed by atoms with Gasteiger partial charge < -0.3 is 4.90 Å². The second-order valence-corrected chi connectivity index (χ2v) is 7.52. The summed E-state index contributed by atoms with van der Waals surface area (Å²) in [6, 6.07) is 11.6. The summed E-state index contributed by atoms with van der Waals surface area (Å²) >= 11 is 1.35. The average Bonchev–Trinajstić information content (AvgIpc) is 3.31. The van der Waals surface area contributed by atoms with Gasteiger partial charge in [0.05, 0.1) is 22.4 Å². The van der Waals surface area contributed by atoms with E-state index in [0.29, 0.717) is 9.69 Å². The fraction of sp³-hybridized carbons (Fsp3) is 0.158. The van der Waals surface area contributed by atoms with Gasteiger partial charge in [0.2, 0.25) is 0 Å². The van der Waals surface area contributed by atoms with E-state index in [1.165, 1.54) is 18.4 Å². The molecule has 4 rings (SSSR count). The van der Waals surface area contributed by atoms with Crippen LogP contribution in [0.25, 0.3) is 15.9 Å². The third-order valence-corrected chi connectivity index (χ3v) is 5.29. The molecule has 0 radical (unpaired) electrons. The van der Waals surface area contributed by atoms with Crippen LogP contribution < -0.4 is 0 Å². The zero-order chi connectivity index (χ0) is 21.5. The first-order valence-corrected chi connectivity index (χ1v) is 9.44. The maximum absolute atomic E-state index is 13.7. The minimum atomic E-state index is -4.90. The number of amides is 1. The van der Waals surface area contributed by atoms with Gasteiger partial charge in [0.1, 0.15) is 10.8 Å². The first kappa shape index (κ1) is 20.0. The van der Waals surface area contributed by atoms with Gasteiger partial charge in [0.15, 0.2) is 11.4 Å². The van der Waals surface area contributed by atoms with Crippen LogP contribution in [0.4, 0.5) is 17.6 Å². The quantitative estimate of drug-likeness (QED) is 0.448. The number of benzene rings is 2. The van der Waals surface area contributed by atoms with E-state index in [0.717, 1.165) is 39.4 Å². The highest BCUT2D eigenvalue weighted by Gasteiger charge is 2.42. The van der Waals surface area contributed by atoms with Gasteiger partial charge in [-0.1, -0.05) is 17.3 Å². The van der Waals surface area contributed by atoms with Crippen LogP contribution in [0.1, 0.15) is 21.2 Å². The Balaban J connectivity index is 1.66. The minimum Gasteiger partial charge on any atom is -0.333 e. The van der Waals surface area contributed by atoms with Gasteiger partial charge in [-0.15, -0.1) is 16.4 Å². The topological polar surface area (TPSA) is 63.9 Å². The van der Waals surface area contributed by atoms with Crippen molar-refractivity contribution < 1.29 is 22.4 Å². The molecule has 30 heavy (non-hydrogen) atoms. The van der Waals surface area contributed by atoms with E-state index >= 15 is 0 Å². The lowest BCUT2D eigenvalue weighted by molar-refractivity contribution is -0.143. The Morgan fingerprint density at radius 2 is 1.83 bits per heavy atom. The number of para-hydroxylation sites is 1. The van der Waals surface area contributed by atoms with Gasteiger partial charge in [-0.3, -0.25) is 4.79 Å². The third kappa shape index (κ3) is 3.75. The number of carbonyl (C=O) groups excluding carboxylic acids is 1. The maximum atomic E-state index is 13.7. The summed E-state index contributed by atoms with van der Waals surface area (Å²) in [6.07, 6.45) is -4.90.